The average Bonchev–Trinajstić information content (AvgIpc) is 3.54. The first-order valence-corrected chi connectivity index (χ1v) is 14.3. The van der Waals surface area contributed by atoms with E-state index in [0.717, 1.165) is 21.8 Å². The Morgan fingerprint density at radius 1 is 1.05 bits per heavy atom. The smallest absolute Gasteiger partial charge is 0.301 e. The van der Waals surface area contributed by atoms with Crippen molar-refractivity contribution in [3.05, 3.63) is 99.8 Å². The zero-order valence-electron chi connectivity index (χ0n) is 20.5. The van der Waals surface area contributed by atoms with E-state index >= 15 is 4.39 Å². The maximum atomic E-state index is 15.2. The Kier molecular flexibility index (Phi) is 7.18. The van der Waals surface area contributed by atoms with Crippen molar-refractivity contribution < 1.29 is 28.6 Å². The third-order valence-electron chi connectivity index (χ3n) is 6.37. The number of carbonyl (C=O) groups is 2. The van der Waals surface area contributed by atoms with Gasteiger partial charge in [0.1, 0.15) is 30.8 Å². The molecular formula is C28H19ClFN3O5S2. The fourth-order valence-corrected chi connectivity index (χ4v) is 6.63. The number of thioether (sulfide) groups is 1. The number of amides is 1. The molecular weight excluding hydrogens is 577 g/mol. The van der Waals surface area contributed by atoms with Gasteiger partial charge in [0.25, 0.3) is 5.78 Å². The second kappa shape index (κ2) is 10.9. The maximum absolute atomic E-state index is 15.2. The van der Waals surface area contributed by atoms with E-state index in [0.29, 0.717) is 39.8 Å². The van der Waals surface area contributed by atoms with Crippen molar-refractivity contribution >= 4 is 57.3 Å². The summed E-state index contributed by atoms with van der Waals surface area (Å²) in [5.41, 5.74) is 0.877. The lowest BCUT2D eigenvalue weighted by Gasteiger charge is -2.23. The number of hydrogen-bond acceptors (Lipinski definition) is 9. The molecule has 3 aromatic carbocycles. The zero-order chi connectivity index (χ0) is 27.8. The van der Waals surface area contributed by atoms with E-state index in [-0.39, 0.29) is 21.8 Å². The van der Waals surface area contributed by atoms with Gasteiger partial charge in [-0.25, -0.2) is 4.39 Å². The van der Waals surface area contributed by atoms with Crippen LogP contribution in [0, 0.1) is 5.82 Å². The Morgan fingerprint density at radius 2 is 1.80 bits per heavy atom. The summed E-state index contributed by atoms with van der Waals surface area (Å²) in [4.78, 5) is 27.9. The molecule has 0 radical (unpaired) electrons. The number of halogens is 2. The minimum Gasteiger partial charge on any atom is -0.507 e. The molecule has 0 spiro atoms. The molecule has 1 atom stereocenters. The second-order valence-electron chi connectivity index (χ2n) is 8.78. The van der Waals surface area contributed by atoms with Crippen LogP contribution in [0.2, 0.25) is 5.02 Å². The summed E-state index contributed by atoms with van der Waals surface area (Å²) in [6.07, 6.45) is 0. The lowest BCUT2D eigenvalue weighted by atomic mass is 9.95. The van der Waals surface area contributed by atoms with Gasteiger partial charge in [-0.1, -0.05) is 71.1 Å². The van der Waals surface area contributed by atoms with E-state index in [1.807, 2.05) is 18.2 Å². The van der Waals surface area contributed by atoms with Crippen LogP contribution in [0.25, 0.3) is 5.76 Å². The van der Waals surface area contributed by atoms with Crippen LogP contribution in [-0.4, -0.2) is 40.2 Å². The predicted molar refractivity (Wildman–Crippen MR) is 150 cm³/mol. The standard InChI is InChI=1S/C28H19ClFN3O5S2/c29-18-7-3-1-5-16(18)14-39-28-32-31-27(40-28)33-23(17-6-2-4-8-19(17)30)22(25(35)26(33)36)24(34)15-9-10-20-21(13-15)38-12-11-37-20/h1-10,13,23,34H,11-12,14H2/b24-22+/t23-/m1/s1. The first-order chi connectivity index (χ1) is 19.4. The average molecular weight is 596 g/mol. The largest absolute Gasteiger partial charge is 0.507 e. The van der Waals surface area contributed by atoms with Crippen molar-refractivity contribution in [2.45, 2.75) is 16.1 Å². The Labute approximate surface area is 241 Å². The number of carbonyl (C=O) groups excluding carboxylic acids is 2. The normalized spacial score (nSPS) is 17.9. The van der Waals surface area contributed by atoms with Gasteiger partial charge < -0.3 is 14.6 Å². The molecule has 1 aromatic heterocycles. The van der Waals surface area contributed by atoms with Gasteiger partial charge in [-0.2, -0.15) is 0 Å². The highest BCUT2D eigenvalue weighted by Gasteiger charge is 2.49. The van der Waals surface area contributed by atoms with Crippen LogP contribution >= 0.6 is 34.7 Å². The number of Topliss-reactive ketones (excluding diaryl/α,β-unsaturated/α-hetero) is 1. The molecule has 2 aliphatic rings. The molecule has 8 nitrogen and oxygen atoms in total. The van der Waals surface area contributed by atoms with Crippen LogP contribution in [0.15, 0.2) is 76.6 Å². The number of aliphatic hydroxyl groups is 1. The van der Waals surface area contributed by atoms with Gasteiger partial charge >= 0.3 is 5.91 Å². The second-order valence-corrected chi connectivity index (χ2v) is 11.4. The van der Waals surface area contributed by atoms with Crippen LogP contribution in [0.3, 0.4) is 0 Å². The SMILES string of the molecule is O=C1C(=O)N(c2nnc(SCc3ccccc3Cl)s2)[C@H](c2ccccc2F)/C1=C(\O)c1ccc2c(c1)OCCO2. The quantitative estimate of drug-likeness (QED) is 0.0949. The molecule has 1 saturated heterocycles. The summed E-state index contributed by atoms with van der Waals surface area (Å²) >= 11 is 8.70. The first kappa shape index (κ1) is 26.3. The topological polar surface area (TPSA) is 102 Å². The van der Waals surface area contributed by atoms with E-state index in [1.165, 1.54) is 36.0 Å². The number of aromatic nitrogens is 2. The van der Waals surface area contributed by atoms with Crippen molar-refractivity contribution in [2.24, 2.45) is 0 Å². The Bertz CT molecular complexity index is 1680. The number of nitrogens with zero attached hydrogens (tertiary/aromatic N) is 3. The summed E-state index contributed by atoms with van der Waals surface area (Å²) in [6, 6.07) is 16.6. The number of ether oxygens (including phenoxy) is 2. The highest BCUT2D eigenvalue weighted by molar-refractivity contribution is 8.00. The Morgan fingerprint density at radius 3 is 2.60 bits per heavy atom. The van der Waals surface area contributed by atoms with Crippen LogP contribution in [0.1, 0.15) is 22.7 Å². The van der Waals surface area contributed by atoms with Crippen LogP contribution in [0.5, 0.6) is 11.5 Å². The number of ketones is 1. The van der Waals surface area contributed by atoms with E-state index in [4.69, 9.17) is 21.1 Å². The van der Waals surface area contributed by atoms with E-state index in [9.17, 15) is 14.7 Å². The molecule has 0 aliphatic carbocycles. The van der Waals surface area contributed by atoms with Gasteiger partial charge in [0.2, 0.25) is 5.13 Å². The van der Waals surface area contributed by atoms with Crippen molar-refractivity contribution in [2.75, 3.05) is 18.1 Å². The minimum absolute atomic E-state index is 0.0289. The summed E-state index contributed by atoms with van der Waals surface area (Å²) in [7, 11) is 0. The maximum Gasteiger partial charge on any atom is 0.301 e. The number of benzene rings is 3. The third kappa shape index (κ3) is 4.80. The van der Waals surface area contributed by atoms with Crippen LogP contribution < -0.4 is 14.4 Å². The number of anilines is 1. The van der Waals surface area contributed by atoms with Gasteiger partial charge in [-0.3, -0.25) is 14.5 Å². The van der Waals surface area contributed by atoms with Crippen LogP contribution in [0.4, 0.5) is 9.52 Å². The molecule has 1 N–H and O–H groups in total. The fourth-order valence-electron chi connectivity index (χ4n) is 4.48. The van der Waals surface area contributed by atoms with E-state index in [2.05, 4.69) is 10.2 Å². The minimum atomic E-state index is -1.27. The molecule has 202 valence electrons. The molecule has 2 aliphatic heterocycles. The van der Waals surface area contributed by atoms with Gasteiger partial charge in [0.05, 0.1) is 5.57 Å². The molecule has 12 heteroatoms. The van der Waals surface area contributed by atoms with Gasteiger partial charge in [0.15, 0.2) is 15.8 Å². The molecule has 1 amide bonds. The third-order valence-corrected chi connectivity index (χ3v) is 8.84. The monoisotopic (exact) mass is 595 g/mol. The van der Waals surface area contributed by atoms with Gasteiger partial charge in [-0.05, 0) is 35.9 Å². The summed E-state index contributed by atoms with van der Waals surface area (Å²) in [5, 5.41) is 20.4. The van der Waals surface area contributed by atoms with Crippen molar-refractivity contribution in [1.29, 1.82) is 0 Å². The Hall–Kier alpha value is -3.93. The number of fused-ring (bicyclic) bond motifs is 1. The molecule has 0 unspecified atom stereocenters. The van der Waals surface area contributed by atoms with Crippen molar-refractivity contribution in [3.8, 4) is 11.5 Å². The molecule has 3 heterocycles. The summed E-state index contributed by atoms with van der Waals surface area (Å²) < 4.78 is 26.8. The lowest BCUT2D eigenvalue weighted by molar-refractivity contribution is -0.132. The van der Waals surface area contributed by atoms with E-state index < -0.39 is 29.3 Å². The number of rotatable bonds is 6. The van der Waals surface area contributed by atoms with Gasteiger partial charge in [-0.15, -0.1) is 10.2 Å². The number of hydrogen-bond donors (Lipinski definition) is 1. The fraction of sp³-hybridized carbons (Fsp3) is 0.143. The molecule has 0 saturated carbocycles. The summed E-state index contributed by atoms with van der Waals surface area (Å²) in [6.45, 7) is 0.710. The molecule has 1 fully saturated rings. The molecule has 4 aromatic rings. The van der Waals surface area contributed by atoms with Gasteiger partial charge in [0, 0.05) is 21.9 Å². The molecule has 40 heavy (non-hydrogen) atoms. The predicted octanol–water partition coefficient (Wildman–Crippen LogP) is 6.02. The Balaban J connectivity index is 1.40. The van der Waals surface area contributed by atoms with Crippen molar-refractivity contribution in [1.82, 2.24) is 10.2 Å². The highest BCUT2D eigenvalue weighted by Crippen LogP contribution is 2.45. The first-order valence-electron chi connectivity index (χ1n) is 12.1. The zero-order valence-corrected chi connectivity index (χ0v) is 22.9. The van der Waals surface area contributed by atoms with Crippen molar-refractivity contribution in [3.63, 3.8) is 0 Å². The highest BCUT2D eigenvalue weighted by atomic mass is 35.5. The van der Waals surface area contributed by atoms with Crippen LogP contribution in [-0.2, 0) is 15.3 Å². The number of aliphatic hydroxyl groups excluding tert-OH is 1. The molecule has 0 bridgehead atoms. The van der Waals surface area contributed by atoms with E-state index in [1.54, 1.807) is 24.3 Å². The summed E-state index contributed by atoms with van der Waals surface area (Å²) in [5.74, 6) is -1.66. The lowest BCUT2D eigenvalue weighted by Crippen LogP contribution is -2.29. The molecule has 6 rings (SSSR count).